The average molecular weight is 452 g/mol. The molecule has 9 heteroatoms. The predicted molar refractivity (Wildman–Crippen MR) is 109 cm³/mol. The lowest BCUT2D eigenvalue weighted by molar-refractivity contribution is -0.137. The highest BCUT2D eigenvalue weighted by molar-refractivity contribution is 7.89. The highest BCUT2D eigenvalue weighted by atomic mass is 32.2. The molecule has 2 aromatic carbocycles. The van der Waals surface area contributed by atoms with Crippen molar-refractivity contribution >= 4 is 15.9 Å². The van der Waals surface area contributed by atoms with Crippen molar-refractivity contribution in [3.05, 3.63) is 65.2 Å². The number of sulfonamides is 1. The van der Waals surface area contributed by atoms with Gasteiger partial charge in [-0.3, -0.25) is 4.79 Å². The Bertz CT molecular complexity index is 1040. The van der Waals surface area contributed by atoms with Gasteiger partial charge in [-0.1, -0.05) is 24.3 Å². The molecule has 2 fully saturated rings. The van der Waals surface area contributed by atoms with Gasteiger partial charge in [0.25, 0.3) is 0 Å². The van der Waals surface area contributed by atoms with E-state index in [1.165, 1.54) is 16.4 Å². The van der Waals surface area contributed by atoms with Crippen LogP contribution in [0.4, 0.5) is 13.2 Å². The lowest BCUT2D eigenvalue weighted by Crippen LogP contribution is -2.28. The number of carbonyl (C=O) groups is 1. The maximum Gasteiger partial charge on any atom is 0.416 e. The molecule has 31 heavy (non-hydrogen) atoms. The van der Waals surface area contributed by atoms with E-state index in [2.05, 4.69) is 5.32 Å². The zero-order valence-electron chi connectivity index (χ0n) is 16.7. The van der Waals surface area contributed by atoms with Gasteiger partial charge in [-0.15, -0.1) is 0 Å². The Morgan fingerprint density at radius 3 is 2.19 bits per heavy atom. The van der Waals surface area contributed by atoms with Crippen LogP contribution < -0.4 is 5.32 Å². The predicted octanol–water partition coefficient (Wildman–Crippen LogP) is 3.91. The van der Waals surface area contributed by atoms with Crippen molar-refractivity contribution in [2.75, 3.05) is 13.1 Å². The number of amides is 1. The van der Waals surface area contributed by atoms with Crippen molar-refractivity contribution in [1.82, 2.24) is 9.62 Å². The summed E-state index contributed by atoms with van der Waals surface area (Å²) in [7, 11) is -3.46. The highest BCUT2D eigenvalue weighted by Gasteiger charge is 2.44. The molecule has 0 aromatic heterocycles. The summed E-state index contributed by atoms with van der Waals surface area (Å²) in [5.74, 6) is -0.486. The van der Waals surface area contributed by atoms with Crippen LogP contribution in [-0.2, 0) is 27.5 Å². The smallest absolute Gasteiger partial charge is 0.352 e. The highest BCUT2D eigenvalue weighted by Crippen LogP contribution is 2.48. The fourth-order valence-electron chi connectivity index (χ4n) is 3.95. The van der Waals surface area contributed by atoms with E-state index < -0.39 is 21.8 Å². The summed E-state index contributed by atoms with van der Waals surface area (Å²) in [5.41, 5.74) is 0.804. The summed E-state index contributed by atoms with van der Waals surface area (Å²) in [4.78, 5) is 12.6. The van der Waals surface area contributed by atoms with Gasteiger partial charge in [0, 0.05) is 25.6 Å². The summed E-state index contributed by atoms with van der Waals surface area (Å²) in [6.45, 7) is 1.35. The molecule has 1 N–H and O–H groups in total. The second-order valence-corrected chi connectivity index (χ2v) is 9.98. The molecule has 2 aliphatic rings. The standard InChI is InChI=1S/C22H23F3N2O3S/c23-22(24,25)17-7-5-16(6-8-17)19-13-20(19)21(28)26-14-15-3-9-18(10-4-15)31(29,30)27-11-1-2-12-27/h3-10,19-20H,1-2,11-14H2,(H,26,28). The Kier molecular flexibility index (Phi) is 5.83. The second-order valence-electron chi connectivity index (χ2n) is 8.04. The first-order chi connectivity index (χ1) is 14.7. The molecular formula is C22H23F3N2O3S. The minimum atomic E-state index is -4.37. The van der Waals surface area contributed by atoms with Crippen molar-refractivity contribution in [2.45, 2.75) is 42.8 Å². The maximum atomic E-state index is 12.7. The minimum absolute atomic E-state index is 0.0738. The first-order valence-electron chi connectivity index (χ1n) is 10.2. The van der Waals surface area contributed by atoms with Gasteiger partial charge in [-0.2, -0.15) is 17.5 Å². The van der Waals surface area contributed by atoms with E-state index in [0.717, 1.165) is 36.1 Å². The maximum absolute atomic E-state index is 12.7. The van der Waals surface area contributed by atoms with Gasteiger partial charge in [-0.25, -0.2) is 8.42 Å². The largest absolute Gasteiger partial charge is 0.416 e. The van der Waals surface area contributed by atoms with E-state index in [1.807, 2.05) is 0 Å². The third-order valence-corrected chi connectivity index (χ3v) is 7.80. The molecule has 0 radical (unpaired) electrons. The molecule has 2 atom stereocenters. The number of rotatable bonds is 6. The van der Waals surface area contributed by atoms with E-state index in [0.29, 0.717) is 19.5 Å². The quantitative estimate of drug-likeness (QED) is 0.723. The van der Waals surface area contributed by atoms with Crippen LogP contribution in [0.15, 0.2) is 53.4 Å². The zero-order chi connectivity index (χ0) is 22.2. The lowest BCUT2D eigenvalue weighted by Gasteiger charge is -2.15. The zero-order valence-corrected chi connectivity index (χ0v) is 17.5. The van der Waals surface area contributed by atoms with Gasteiger partial charge in [0.15, 0.2) is 0 Å². The van der Waals surface area contributed by atoms with Gasteiger partial charge in [-0.05, 0) is 60.6 Å². The number of alkyl halides is 3. The summed E-state index contributed by atoms with van der Waals surface area (Å²) in [6, 6.07) is 11.4. The molecule has 0 bridgehead atoms. The van der Waals surface area contributed by atoms with Gasteiger partial charge in [0.05, 0.1) is 10.5 Å². The molecule has 2 unspecified atom stereocenters. The van der Waals surface area contributed by atoms with Crippen LogP contribution in [-0.4, -0.2) is 31.7 Å². The van der Waals surface area contributed by atoms with Crippen LogP contribution in [0.25, 0.3) is 0 Å². The normalized spacial score (nSPS) is 21.8. The summed E-state index contributed by atoms with van der Waals surface area (Å²) in [6.07, 6.45) is -2.03. The average Bonchev–Trinajstić information content (AvgIpc) is 3.34. The Balaban J connectivity index is 1.30. The topological polar surface area (TPSA) is 66.5 Å². The number of nitrogens with one attached hydrogen (secondary N) is 1. The Labute approximate surface area is 179 Å². The van der Waals surface area contributed by atoms with Crippen molar-refractivity contribution in [1.29, 1.82) is 0 Å². The van der Waals surface area contributed by atoms with Gasteiger partial charge < -0.3 is 5.32 Å². The van der Waals surface area contributed by atoms with E-state index in [4.69, 9.17) is 0 Å². The first-order valence-corrected chi connectivity index (χ1v) is 11.6. The third kappa shape index (κ3) is 4.77. The summed E-state index contributed by atoms with van der Waals surface area (Å²) in [5, 5.41) is 2.83. The number of nitrogens with zero attached hydrogens (tertiary/aromatic N) is 1. The van der Waals surface area contributed by atoms with Gasteiger partial charge in [0.1, 0.15) is 0 Å². The fourth-order valence-corrected chi connectivity index (χ4v) is 5.47. The molecule has 1 saturated carbocycles. The fraction of sp³-hybridized carbons (Fsp3) is 0.409. The molecular weight excluding hydrogens is 429 g/mol. The van der Waals surface area contributed by atoms with Crippen LogP contribution in [0, 0.1) is 5.92 Å². The Hall–Kier alpha value is -2.39. The van der Waals surface area contributed by atoms with Gasteiger partial charge >= 0.3 is 6.18 Å². The number of benzene rings is 2. The molecule has 1 heterocycles. The monoisotopic (exact) mass is 452 g/mol. The number of carbonyl (C=O) groups excluding carboxylic acids is 1. The first kappa shape index (κ1) is 21.8. The van der Waals surface area contributed by atoms with Crippen molar-refractivity contribution in [3.8, 4) is 0 Å². The van der Waals surface area contributed by atoms with E-state index >= 15 is 0 Å². The molecule has 1 aliphatic heterocycles. The molecule has 166 valence electrons. The van der Waals surface area contributed by atoms with Crippen molar-refractivity contribution < 1.29 is 26.4 Å². The van der Waals surface area contributed by atoms with Crippen LogP contribution in [0.5, 0.6) is 0 Å². The van der Waals surface area contributed by atoms with E-state index in [1.54, 1.807) is 24.3 Å². The SMILES string of the molecule is O=C(NCc1ccc(S(=O)(=O)N2CCCC2)cc1)C1CC1c1ccc(C(F)(F)F)cc1. The third-order valence-electron chi connectivity index (χ3n) is 5.89. The molecule has 1 amide bonds. The molecule has 0 spiro atoms. The molecule has 1 aliphatic carbocycles. The van der Waals surface area contributed by atoms with Crippen molar-refractivity contribution in [3.63, 3.8) is 0 Å². The Morgan fingerprint density at radius 2 is 1.61 bits per heavy atom. The lowest BCUT2D eigenvalue weighted by atomic mass is 10.1. The summed E-state index contributed by atoms with van der Waals surface area (Å²) < 4.78 is 64.6. The second kappa shape index (κ2) is 8.27. The van der Waals surface area contributed by atoms with E-state index in [9.17, 15) is 26.4 Å². The molecule has 5 nitrogen and oxygen atoms in total. The molecule has 1 saturated heterocycles. The minimum Gasteiger partial charge on any atom is -0.352 e. The molecule has 2 aromatic rings. The Morgan fingerprint density at radius 1 is 1.00 bits per heavy atom. The van der Waals surface area contributed by atoms with Crippen molar-refractivity contribution in [2.24, 2.45) is 5.92 Å². The van der Waals surface area contributed by atoms with Crippen LogP contribution in [0.2, 0.25) is 0 Å². The van der Waals surface area contributed by atoms with E-state index in [-0.39, 0.29) is 29.2 Å². The number of halogens is 3. The van der Waals surface area contributed by atoms with Crippen LogP contribution in [0.1, 0.15) is 41.9 Å². The van der Waals surface area contributed by atoms with Crippen LogP contribution in [0.3, 0.4) is 0 Å². The molecule has 4 rings (SSSR count). The summed E-state index contributed by atoms with van der Waals surface area (Å²) >= 11 is 0. The number of hydrogen-bond donors (Lipinski definition) is 1. The van der Waals surface area contributed by atoms with Gasteiger partial charge in [0.2, 0.25) is 15.9 Å². The number of hydrogen-bond acceptors (Lipinski definition) is 3. The van der Waals surface area contributed by atoms with Crippen LogP contribution >= 0.6 is 0 Å².